The van der Waals surface area contributed by atoms with Crippen molar-refractivity contribution in [1.82, 2.24) is 4.31 Å². The first-order valence-corrected chi connectivity index (χ1v) is 13.2. The van der Waals surface area contributed by atoms with E-state index in [1.165, 1.54) is 4.31 Å². The van der Waals surface area contributed by atoms with Crippen molar-refractivity contribution in [3.8, 4) is 11.5 Å². The summed E-state index contributed by atoms with van der Waals surface area (Å²) in [6, 6.07) is 28.9. The number of ether oxygens (including phenoxy) is 1. The van der Waals surface area contributed by atoms with Gasteiger partial charge in [-0.05, 0) is 73.0 Å². The molecule has 4 aromatic carbocycles. The second kappa shape index (κ2) is 9.97. The van der Waals surface area contributed by atoms with Gasteiger partial charge in [-0.15, -0.1) is 0 Å². The van der Waals surface area contributed by atoms with Crippen LogP contribution >= 0.6 is 0 Å². The first kappa shape index (κ1) is 23.8. The number of nitrogens with one attached hydrogen (secondary N) is 1. The molecule has 0 unspecified atom stereocenters. The highest BCUT2D eigenvalue weighted by Crippen LogP contribution is 2.29. The molecule has 1 N–H and O–H groups in total. The zero-order valence-electron chi connectivity index (χ0n) is 19.8. The van der Waals surface area contributed by atoms with E-state index in [-0.39, 0.29) is 17.3 Å². The number of sulfonamides is 1. The first-order chi connectivity index (χ1) is 17.4. The van der Waals surface area contributed by atoms with E-state index in [4.69, 9.17) is 4.74 Å². The van der Waals surface area contributed by atoms with Crippen molar-refractivity contribution in [1.29, 1.82) is 0 Å². The van der Waals surface area contributed by atoms with Gasteiger partial charge in [0.2, 0.25) is 10.0 Å². The number of anilines is 1. The van der Waals surface area contributed by atoms with Crippen LogP contribution in [-0.4, -0.2) is 25.2 Å². The number of rotatable bonds is 6. The van der Waals surface area contributed by atoms with Crippen molar-refractivity contribution < 1.29 is 17.9 Å². The summed E-state index contributed by atoms with van der Waals surface area (Å²) in [7, 11) is -3.61. The summed E-state index contributed by atoms with van der Waals surface area (Å²) in [5.74, 6) is 0.789. The van der Waals surface area contributed by atoms with Gasteiger partial charge in [0.15, 0.2) is 0 Å². The number of aryl methyl sites for hydroxylation is 1. The predicted molar refractivity (Wildman–Crippen MR) is 140 cm³/mol. The molecule has 0 fully saturated rings. The van der Waals surface area contributed by atoms with Gasteiger partial charge in [-0.1, -0.05) is 54.1 Å². The van der Waals surface area contributed by atoms with Crippen molar-refractivity contribution in [3.05, 3.63) is 119 Å². The normalized spacial score (nSPS) is 13.6. The molecule has 36 heavy (non-hydrogen) atoms. The highest BCUT2D eigenvalue weighted by molar-refractivity contribution is 7.89. The maximum atomic E-state index is 13.2. The standard InChI is InChI=1S/C29H26N2O4S/c1-21-11-15-26(16-12-21)36(33,34)31-18-17-22-13-14-24(19-23(22)20-31)30-29(32)27-9-5-6-10-28(27)35-25-7-3-2-4-8-25/h2-16,19H,17-18,20H2,1H3,(H,30,32). The molecule has 1 aliphatic rings. The van der Waals surface area contributed by atoms with E-state index in [0.717, 1.165) is 16.7 Å². The fourth-order valence-corrected chi connectivity index (χ4v) is 5.65. The highest BCUT2D eigenvalue weighted by atomic mass is 32.2. The van der Waals surface area contributed by atoms with Gasteiger partial charge in [0.1, 0.15) is 11.5 Å². The highest BCUT2D eigenvalue weighted by Gasteiger charge is 2.28. The molecule has 0 aromatic heterocycles. The van der Waals surface area contributed by atoms with E-state index in [9.17, 15) is 13.2 Å². The Labute approximate surface area is 211 Å². The van der Waals surface area contributed by atoms with Gasteiger partial charge in [-0.2, -0.15) is 4.31 Å². The molecular formula is C29H26N2O4S. The van der Waals surface area contributed by atoms with Crippen LogP contribution in [0.5, 0.6) is 11.5 Å². The van der Waals surface area contributed by atoms with Crippen molar-refractivity contribution in [2.75, 3.05) is 11.9 Å². The number of amides is 1. The predicted octanol–water partition coefficient (Wildman–Crippen LogP) is 5.79. The lowest BCUT2D eigenvalue weighted by Crippen LogP contribution is -2.36. The molecule has 6 nitrogen and oxygen atoms in total. The second-order valence-electron chi connectivity index (χ2n) is 8.75. The third-order valence-electron chi connectivity index (χ3n) is 6.20. The summed E-state index contributed by atoms with van der Waals surface area (Å²) in [5.41, 5.74) is 3.97. The molecule has 0 aliphatic carbocycles. The van der Waals surface area contributed by atoms with Crippen molar-refractivity contribution >= 4 is 21.6 Å². The molecule has 4 aromatic rings. The van der Waals surface area contributed by atoms with Crippen molar-refractivity contribution in [2.24, 2.45) is 0 Å². The third-order valence-corrected chi connectivity index (χ3v) is 8.06. The van der Waals surface area contributed by atoms with E-state index in [0.29, 0.717) is 35.7 Å². The topological polar surface area (TPSA) is 75.7 Å². The van der Waals surface area contributed by atoms with Crippen molar-refractivity contribution in [2.45, 2.75) is 24.8 Å². The summed E-state index contributed by atoms with van der Waals surface area (Å²) in [4.78, 5) is 13.4. The lowest BCUT2D eigenvalue weighted by atomic mass is 10.0. The number of carbonyl (C=O) groups excluding carboxylic acids is 1. The molecule has 182 valence electrons. The number of hydrogen-bond donors (Lipinski definition) is 1. The molecule has 0 saturated carbocycles. The molecule has 1 amide bonds. The van der Waals surface area contributed by atoms with Crippen LogP contribution in [0.1, 0.15) is 27.0 Å². The van der Waals surface area contributed by atoms with Crippen LogP contribution in [0.4, 0.5) is 5.69 Å². The van der Waals surface area contributed by atoms with Crippen molar-refractivity contribution in [3.63, 3.8) is 0 Å². The fourth-order valence-electron chi connectivity index (χ4n) is 4.23. The molecule has 0 spiro atoms. The van der Waals surface area contributed by atoms with Crippen LogP contribution < -0.4 is 10.1 Å². The lowest BCUT2D eigenvalue weighted by molar-refractivity contribution is 0.102. The van der Waals surface area contributed by atoms with Crippen LogP contribution in [0.15, 0.2) is 102 Å². The Balaban J connectivity index is 1.34. The Morgan fingerprint density at radius 2 is 1.58 bits per heavy atom. The summed E-state index contributed by atoms with van der Waals surface area (Å²) >= 11 is 0. The Morgan fingerprint density at radius 1 is 0.861 bits per heavy atom. The Kier molecular flexibility index (Phi) is 6.59. The summed E-state index contributed by atoms with van der Waals surface area (Å²) in [6.07, 6.45) is 0.613. The molecular weight excluding hydrogens is 472 g/mol. The number of benzene rings is 4. The smallest absolute Gasteiger partial charge is 0.259 e. The van der Waals surface area contributed by atoms with Crippen LogP contribution in [0.2, 0.25) is 0 Å². The monoisotopic (exact) mass is 498 g/mol. The van der Waals surface area contributed by atoms with Gasteiger partial charge in [0, 0.05) is 18.8 Å². The Bertz CT molecular complexity index is 1500. The molecule has 0 bridgehead atoms. The first-order valence-electron chi connectivity index (χ1n) is 11.7. The molecule has 5 rings (SSSR count). The molecule has 0 saturated heterocycles. The van der Waals surface area contributed by atoms with Gasteiger partial charge in [-0.25, -0.2) is 8.42 Å². The molecule has 1 heterocycles. The zero-order chi connectivity index (χ0) is 25.1. The molecule has 0 radical (unpaired) electrons. The number of para-hydroxylation sites is 2. The summed E-state index contributed by atoms with van der Waals surface area (Å²) < 4.78 is 33.8. The van der Waals surface area contributed by atoms with Gasteiger partial charge >= 0.3 is 0 Å². The van der Waals surface area contributed by atoms with E-state index in [1.54, 1.807) is 42.5 Å². The third kappa shape index (κ3) is 5.03. The number of fused-ring (bicyclic) bond motifs is 1. The van der Waals surface area contributed by atoms with Crippen LogP contribution in [0.3, 0.4) is 0 Å². The minimum atomic E-state index is -3.61. The average Bonchev–Trinajstić information content (AvgIpc) is 2.89. The molecule has 7 heteroatoms. The van der Waals surface area contributed by atoms with Gasteiger partial charge in [0.25, 0.3) is 5.91 Å². The van der Waals surface area contributed by atoms with Crippen LogP contribution in [0.25, 0.3) is 0 Å². The van der Waals surface area contributed by atoms with E-state index >= 15 is 0 Å². The minimum absolute atomic E-state index is 0.253. The minimum Gasteiger partial charge on any atom is -0.457 e. The van der Waals surface area contributed by atoms with E-state index in [1.807, 2.05) is 61.5 Å². The number of hydrogen-bond acceptors (Lipinski definition) is 4. The maximum Gasteiger partial charge on any atom is 0.259 e. The largest absolute Gasteiger partial charge is 0.457 e. The zero-order valence-corrected chi connectivity index (χ0v) is 20.7. The average molecular weight is 499 g/mol. The SMILES string of the molecule is Cc1ccc(S(=O)(=O)N2CCc3ccc(NC(=O)c4ccccc4Oc4ccccc4)cc3C2)cc1. The summed E-state index contributed by atoms with van der Waals surface area (Å²) in [5, 5.41) is 2.94. The van der Waals surface area contributed by atoms with Crippen LogP contribution in [-0.2, 0) is 23.0 Å². The number of nitrogens with zero attached hydrogens (tertiary/aromatic N) is 1. The van der Waals surface area contributed by atoms with E-state index < -0.39 is 10.0 Å². The van der Waals surface area contributed by atoms with Gasteiger partial charge < -0.3 is 10.1 Å². The fraction of sp³-hybridized carbons (Fsp3) is 0.138. The molecule has 0 atom stereocenters. The second-order valence-corrected chi connectivity index (χ2v) is 10.7. The van der Waals surface area contributed by atoms with E-state index in [2.05, 4.69) is 5.32 Å². The summed E-state index contributed by atoms with van der Waals surface area (Å²) in [6.45, 7) is 2.59. The Morgan fingerprint density at radius 3 is 2.36 bits per heavy atom. The molecule has 1 aliphatic heterocycles. The van der Waals surface area contributed by atoms with Gasteiger partial charge in [-0.3, -0.25) is 4.79 Å². The lowest BCUT2D eigenvalue weighted by Gasteiger charge is -2.28. The quantitative estimate of drug-likeness (QED) is 0.365. The Hall–Kier alpha value is -3.94. The van der Waals surface area contributed by atoms with Crippen LogP contribution in [0, 0.1) is 6.92 Å². The maximum absolute atomic E-state index is 13.2. The van der Waals surface area contributed by atoms with Gasteiger partial charge in [0.05, 0.1) is 10.5 Å². The number of carbonyl (C=O) groups is 1.